The fraction of sp³-hybridized carbons (Fsp3) is 0.538. The van der Waals surface area contributed by atoms with Crippen LogP contribution in [-0.2, 0) is 6.54 Å². The molecule has 0 saturated heterocycles. The third kappa shape index (κ3) is 2.57. The van der Waals surface area contributed by atoms with Crippen molar-refractivity contribution in [1.29, 1.82) is 0 Å². The lowest BCUT2D eigenvalue weighted by Gasteiger charge is -2.26. The fourth-order valence-electron chi connectivity index (χ4n) is 1.96. The van der Waals surface area contributed by atoms with Gasteiger partial charge in [-0.05, 0) is 32.8 Å². The van der Waals surface area contributed by atoms with Crippen molar-refractivity contribution in [3.05, 3.63) is 35.6 Å². The first kappa shape index (κ1) is 10.6. The van der Waals surface area contributed by atoms with E-state index in [2.05, 4.69) is 18.7 Å². The summed E-state index contributed by atoms with van der Waals surface area (Å²) in [5.74, 6) is -0.0798. The summed E-state index contributed by atoms with van der Waals surface area (Å²) < 4.78 is 13.5. The van der Waals surface area contributed by atoms with E-state index >= 15 is 0 Å². The Morgan fingerprint density at radius 1 is 1.33 bits per heavy atom. The van der Waals surface area contributed by atoms with E-state index in [1.807, 2.05) is 12.1 Å². The molecule has 1 saturated carbocycles. The predicted octanol–water partition coefficient (Wildman–Crippen LogP) is 3.20. The highest BCUT2D eigenvalue weighted by Gasteiger charge is 2.30. The fourth-order valence-corrected chi connectivity index (χ4v) is 1.96. The Balaban J connectivity index is 2.08. The van der Waals surface area contributed by atoms with Crippen molar-refractivity contribution in [3.63, 3.8) is 0 Å². The molecule has 0 radical (unpaired) electrons. The molecule has 0 N–H and O–H groups in total. The molecule has 1 aromatic carbocycles. The molecule has 0 aliphatic heterocycles. The topological polar surface area (TPSA) is 3.24 Å². The van der Waals surface area contributed by atoms with Gasteiger partial charge in [0.25, 0.3) is 0 Å². The van der Waals surface area contributed by atoms with Crippen molar-refractivity contribution in [1.82, 2.24) is 4.90 Å². The molecule has 0 aromatic heterocycles. The minimum Gasteiger partial charge on any atom is -0.294 e. The SMILES string of the molecule is CC(C)N(Cc1ccccc1F)C1CC1. The van der Waals surface area contributed by atoms with E-state index in [4.69, 9.17) is 0 Å². The first-order valence-corrected chi connectivity index (χ1v) is 5.67. The molecule has 1 nitrogen and oxygen atoms in total. The highest BCUT2D eigenvalue weighted by Crippen LogP contribution is 2.30. The summed E-state index contributed by atoms with van der Waals surface area (Å²) in [5, 5.41) is 0. The summed E-state index contributed by atoms with van der Waals surface area (Å²) in [6.07, 6.45) is 2.54. The van der Waals surface area contributed by atoms with Gasteiger partial charge in [0.05, 0.1) is 0 Å². The van der Waals surface area contributed by atoms with Crippen LogP contribution in [0.2, 0.25) is 0 Å². The first-order valence-electron chi connectivity index (χ1n) is 5.67. The van der Waals surface area contributed by atoms with Gasteiger partial charge < -0.3 is 0 Å². The van der Waals surface area contributed by atoms with Crippen molar-refractivity contribution in [2.75, 3.05) is 0 Å². The van der Waals surface area contributed by atoms with E-state index in [1.165, 1.54) is 12.8 Å². The first-order chi connectivity index (χ1) is 7.18. The predicted molar refractivity (Wildman–Crippen MR) is 60.1 cm³/mol. The summed E-state index contributed by atoms with van der Waals surface area (Å²) in [4.78, 5) is 2.39. The van der Waals surface area contributed by atoms with E-state index in [0.717, 1.165) is 12.1 Å². The second kappa shape index (κ2) is 4.31. The molecule has 1 fully saturated rings. The smallest absolute Gasteiger partial charge is 0.127 e. The summed E-state index contributed by atoms with van der Waals surface area (Å²) in [6.45, 7) is 5.10. The molecule has 0 atom stereocenters. The number of nitrogens with zero attached hydrogens (tertiary/aromatic N) is 1. The van der Waals surface area contributed by atoms with Crippen LogP contribution in [0.3, 0.4) is 0 Å². The van der Waals surface area contributed by atoms with Gasteiger partial charge in [0.2, 0.25) is 0 Å². The van der Waals surface area contributed by atoms with Crippen LogP contribution in [-0.4, -0.2) is 17.0 Å². The Bertz CT molecular complexity index is 329. The van der Waals surface area contributed by atoms with Crippen molar-refractivity contribution < 1.29 is 4.39 Å². The molecule has 2 rings (SSSR count). The maximum absolute atomic E-state index is 13.5. The molecule has 0 unspecified atom stereocenters. The Morgan fingerprint density at radius 3 is 2.53 bits per heavy atom. The highest BCUT2D eigenvalue weighted by atomic mass is 19.1. The summed E-state index contributed by atoms with van der Waals surface area (Å²) in [6, 6.07) is 8.26. The number of halogens is 1. The van der Waals surface area contributed by atoms with Crippen molar-refractivity contribution >= 4 is 0 Å². The second-order valence-electron chi connectivity index (χ2n) is 4.59. The van der Waals surface area contributed by atoms with Gasteiger partial charge in [-0.2, -0.15) is 0 Å². The van der Waals surface area contributed by atoms with Crippen LogP contribution in [0.5, 0.6) is 0 Å². The molecule has 2 heteroatoms. The monoisotopic (exact) mass is 207 g/mol. The lowest BCUT2D eigenvalue weighted by atomic mass is 10.1. The molecule has 15 heavy (non-hydrogen) atoms. The zero-order valence-electron chi connectivity index (χ0n) is 9.41. The van der Waals surface area contributed by atoms with E-state index in [1.54, 1.807) is 12.1 Å². The Hall–Kier alpha value is -0.890. The Kier molecular flexibility index (Phi) is 3.06. The minimum absolute atomic E-state index is 0.0798. The molecule has 0 spiro atoms. The van der Waals surface area contributed by atoms with Crippen LogP contribution >= 0.6 is 0 Å². The van der Waals surface area contributed by atoms with Gasteiger partial charge in [0, 0.05) is 24.2 Å². The maximum atomic E-state index is 13.5. The summed E-state index contributed by atoms with van der Waals surface area (Å²) >= 11 is 0. The normalized spacial score (nSPS) is 16.3. The van der Waals surface area contributed by atoms with E-state index in [0.29, 0.717) is 12.1 Å². The summed E-state index contributed by atoms with van der Waals surface area (Å²) in [5.41, 5.74) is 0.818. The minimum atomic E-state index is -0.0798. The highest BCUT2D eigenvalue weighted by molar-refractivity contribution is 5.17. The second-order valence-corrected chi connectivity index (χ2v) is 4.59. The van der Waals surface area contributed by atoms with Crippen molar-refractivity contribution in [2.24, 2.45) is 0 Å². The molecule has 1 aliphatic rings. The Labute approximate surface area is 90.9 Å². The van der Waals surface area contributed by atoms with Gasteiger partial charge in [-0.3, -0.25) is 4.90 Å². The maximum Gasteiger partial charge on any atom is 0.127 e. The average molecular weight is 207 g/mol. The standard InChI is InChI=1S/C13H18FN/c1-10(2)15(12-7-8-12)9-11-5-3-4-6-13(11)14/h3-6,10,12H,7-9H2,1-2H3. The van der Waals surface area contributed by atoms with E-state index in [-0.39, 0.29) is 5.82 Å². The number of rotatable bonds is 4. The molecule has 82 valence electrons. The van der Waals surface area contributed by atoms with Gasteiger partial charge >= 0.3 is 0 Å². The molecule has 0 amide bonds. The third-order valence-corrected chi connectivity index (χ3v) is 2.99. The van der Waals surface area contributed by atoms with Crippen molar-refractivity contribution in [3.8, 4) is 0 Å². The zero-order chi connectivity index (χ0) is 10.8. The van der Waals surface area contributed by atoms with Gasteiger partial charge in [-0.15, -0.1) is 0 Å². The molecular formula is C13H18FN. The van der Waals surface area contributed by atoms with Crippen LogP contribution in [0.1, 0.15) is 32.3 Å². The number of benzene rings is 1. The van der Waals surface area contributed by atoms with E-state index < -0.39 is 0 Å². The lowest BCUT2D eigenvalue weighted by Crippen LogP contribution is -2.32. The van der Waals surface area contributed by atoms with Crippen molar-refractivity contribution in [2.45, 2.75) is 45.3 Å². The average Bonchev–Trinajstić information content (AvgIpc) is 2.99. The molecular weight excluding hydrogens is 189 g/mol. The number of hydrogen-bond acceptors (Lipinski definition) is 1. The van der Waals surface area contributed by atoms with Gasteiger partial charge in [-0.1, -0.05) is 18.2 Å². The molecule has 0 heterocycles. The van der Waals surface area contributed by atoms with Crippen LogP contribution in [0.4, 0.5) is 4.39 Å². The van der Waals surface area contributed by atoms with Gasteiger partial charge in [0.1, 0.15) is 5.82 Å². The largest absolute Gasteiger partial charge is 0.294 e. The molecule has 0 bridgehead atoms. The van der Waals surface area contributed by atoms with Crippen LogP contribution in [0.15, 0.2) is 24.3 Å². The third-order valence-electron chi connectivity index (χ3n) is 2.99. The number of hydrogen-bond donors (Lipinski definition) is 0. The quantitative estimate of drug-likeness (QED) is 0.733. The van der Waals surface area contributed by atoms with Crippen LogP contribution in [0, 0.1) is 5.82 Å². The van der Waals surface area contributed by atoms with Gasteiger partial charge in [0.15, 0.2) is 0 Å². The molecule has 1 aromatic rings. The van der Waals surface area contributed by atoms with Crippen LogP contribution in [0.25, 0.3) is 0 Å². The Morgan fingerprint density at radius 2 is 2.00 bits per heavy atom. The lowest BCUT2D eigenvalue weighted by molar-refractivity contribution is 0.199. The summed E-state index contributed by atoms with van der Waals surface area (Å²) in [7, 11) is 0. The van der Waals surface area contributed by atoms with Crippen LogP contribution < -0.4 is 0 Å². The van der Waals surface area contributed by atoms with Gasteiger partial charge in [-0.25, -0.2) is 4.39 Å². The van der Waals surface area contributed by atoms with E-state index in [9.17, 15) is 4.39 Å². The molecule has 1 aliphatic carbocycles. The zero-order valence-corrected chi connectivity index (χ0v) is 9.41.